The molecule has 1 amide bonds. The Hall–Kier alpha value is -1.21. The lowest BCUT2D eigenvalue weighted by molar-refractivity contribution is -0.183. The van der Waals surface area contributed by atoms with Crippen molar-refractivity contribution < 1.29 is 14.3 Å². The van der Waals surface area contributed by atoms with Crippen LogP contribution in [0.1, 0.15) is 48.2 Å². The highest BCUT2D eigenvalue weighted by Crippen LogP contribution is 2.52. The first-order valence-electron chi connectivity index (χ1n) is 9.66. The molecule has 7 heteroatoms. The molecule has 3 fully saturated rings. The van der Waals surface area contributed by atoms with Gasteiger partial charge in [-0.15, -0.1) is 12.4 Å². The summed E-state index contributed by atoms with van der Waals surface area (Å²) in [4.78, 5) is 18.4. The van der Waals surface area contributed by atoms with Crippen LogP contribution < -0.4 is 5.73 Å². The molecule has 4 rings (SSSR count). The lowest BCUT2D eigenvalue weighted by atomic mass is 9.61. The lowest BCUT2D eigenvalue weighted by Gasteiger charge is -2.58. The van der Waals surface area contributed by atoms with E-state index in [1.54, 1.807) is 6.20 Å². The van der Waals surface area contributed by atoms with Crippen molar-refractivity contribution >= 4 is 18.3 Å². The Balaban J connectivity index is 0.00000210. The minimum absolute atomic E-state index is 0. The quantitative estimate of drug-likeness (QED) is 0.828. The molecule has 2 N–H and O–H groups in total. The summed E-state index contributed by atoms with van der Waals surface area (Å²) >= 11 is 0. The van der Waals surface area contributed by atoms with Gasteiger partial charge >= 0.3 is 0 Å². The van der Waals surface area contributed by atoms with E-state index < -0.39 is 5.91 Å². The zero-order valence-electron chi connectivity index (χ0n) is 16.1. The monoisotopic (exact) mass is 395 g/mol. The summed E-state index contributed by atoms with van der Waals surface area (Å²) in [5.74, 6) is 0.357. The van der Waals surface area contributed by atoms with Gasteiger partial charge in [0.25, 0.3) is 5.91 Å². The Bertz CT molecular complexity index is 666. The van der Waals surface area contributed by atoms with Gasteiger partial charge in [0, 0.05) is 51.4 Å². The molecule has 0 spiro atoms. The fourth-order valence-corrected chi connectivity index (χ4v) is 5.52. The van der Waals surface area contributed by atoms with Gasteiger partial charge in [0.2, 0.25) is 0 Å². The summed E-state index contributed by atoms with van der Waals surface area (Å²) in [6.07, 6.45) is 7.92. The number of amides is 1. The van der Waals surface area contributed by atoms with Crippen molar-refractivity contribution in [3.05, 3.63) is 29.6 Å². The van der Waals surface area contributed by atoms with E-state index in [1.165, 1.54) is 6.42 Å². The van der Waals surface area contributed by atoms with Gasteiger partial charge < -0.3 is 15.2 Å². The minimum Gasteiger partial charge on any atom is -0.381 e. The molecule has 27 heavy (non-hydrogen) atoms. The van der Waals surface area contributed by atoms with Gasteiger partial charge in [-0.25, -0.2) is 0 Å². The summed E-state index contributed by atoms with van der Waals surface area (Å²) in [7, 11) is 3.62. The van der Waals surface area contributed by atoms with Crippen LogP contribution >= 0.6 is 12.4 Å². The molecule has 1 aromatic rings. The topological polar surface area (TPSA) is 77.7 Å². The smallest absolute Gasteiger partial charge is 0.267 e. The number of halogens is 1. The van der Waals surface area contributed by atoms with E-state index >= 15 is 0 Å². The van der Waals surface area contributed by atoms with E-state index in [0.29, 0.717) is 29.7 Å². The molecule has 2 aliphatic carbocycles. The van der Waals surface area contributed by atoms with Crippen molar-refractivity contribution in [2.75, 3.05) is 27.3 Å². The van der Waals surface area contributed by atoms with Gasteiger partial charge in [0.05, 0.1) is 6.10 Å². The van der Waals surface area contributed by atoms with E-state index in [9.17, 15) is 4.79 Å². The maximum Gasteiger partial charge on any atom is 0.267 e. The van der Waals surface area contributed by atoms with E-state index in [4.69, 9.17) is 15.2 Å². The first kappa shape index (κ1) is 20.5. The Morgan fingerprint density at radius 1 is 1.26 bits per heavy atom. The number of piperidine rings is 1. The molecule has 0 aromatic carbocycles. The highest BCUT2D eigenvalue weighted by Gasteiger charge is 2.54. The zero-order chi connectivity index (χ0) is 18.3. The number of nitrogens with two attached hydrogens (primary N) is 1. The molecule has 6 nitrogen and oxygen atoms in total. The fraction of sp³-hybridized carbons (Fsp3) is 0.700. The normalized spacial score (nSPS) is 35.8. The molecule has 2 saturated carbocycles. The zero-order valence-corrected chi connectivity index (χ0v) is 16.9. The molecular weight excluding hydrogens is 366 g/mol. The predicted molar refractivity (Wildman–Crippen MR) is 105 cm³/mol. The largest absolute Gasteiger partial charge is 0.381 e. The second-order valence-corrected chi connectivity index (χ2v) is 8.05. The fourth-order valence-electron chi connectivity index (χ4n) is 5.52. The van der Waals surface area contributed by atoms with Gasteiger partial charge in [-0.1, -0.05) is 6.42 Å². The van der Waals surface area contributed by atoms with Crippen LogP contribution in [0.3, 0.4) is 0 Å². The lowest BCUT2D eigenvalue weighted by Crippen LogP contribution is -2.63. The SMILES string of the molecule is COC1CC(N2CC3CCCC(C2)C3(OC)c2ccnc(C(N)=O)c2)C1.Cl. The van der Waals surface area contributed by atoms with Crippen LogP contribution in [-0.2, 0) is 15.1 Å². The highest BCUT2D eigenvalue weighted by molar-refractivity contribution is 5.90. The summed E-state index contributed by atoms with van der Waals surface area (Å²) in [5.41, 5.74) is 6.50. The molecule has 3 aliphatic rings. The summed E-state index contributed by atoms with van der Waals surface area (Å²) < 4.78 is 11.7. The number of primary amides is 1. The Labute approximate surface area is 167 Å². The number of fused-ring (bicyclic) bond motifs is 2. The van der Waals surface area contributed by atoms with Crippen molar-refractivity contribution in [3.63, 3.8) is 0 Å². The molecule has 1 saturated heterocycles. The first-order valence-corrected chi connectivity index (χ1v) is 9.66. The third-order valence-corrected chi connectivity index (χ3v) is 6.95. The molecule has 2 atom stereocenters. The Morgan fingerprint density at radius 3 is 2.48 bits per heavy atom. The highest BCUT2D eigenvalue weighted by atomic mass is 35.5. The molecule has 2 heterocycles. The minimum atomic E-state index is -0.485. The maximum atomic E-state index is 11.6. The number of methoxy groups -OCH3 is 2. The number of likely N-dealkylation sites (tertiary alicyclic amines) is 1. The molecule has 2 bridgehead atoms. The number of ether oxygens (including phenoxy) is 2. The van der Waals surface area contributed by atoms with Crippen molar-refractivity contribution in [2.45, 2.75) is 49.9 Å². The maximum absolute atomic E-state index is 11.6. The van der Waals surface area contributed by atoms with Gasteiger partial charge in [-0.05, 0) is 43.4 Å². The van der Waals surface area contributed by atoms with Crippen LogP contribution in [0.4, 0.5) is 0 Å². The number of carbonyl (C=O) groups excluding carboxylic acids is 1. The van der Waals surface area contributed by atoms with Crippen LogP contribution in [0, 0.1) is 11.8 Å². The number of aromatic nitrogens is 1. The third kappa shape index (κ3) is 3.37. The average Bonchev–Trinajstić information content (AvgIpc) is 2.60. The first-order chi connectivity index (χ1) is 12.6. The summed E-state index contributed by atoms with van der Waals surface area (Å²) in [6.45, 7) is 2.08. The van der Waals surface area contributed by atoms with Gasteiger partial charge in [0.15, 0.2) is 0 Å². The molecule has 150 valence electrons. The Morgan fingerprint density at radius 2 is 1.93 bits per heavy atom. The molecule has 2 unspecified atom stereocenters. The number of pyridine rings is 1. The second kappa shape index (κ2) is 8.03. The molecule has 0 radical (unpaired) electrons. The van der Waals surface area contributed by atoms with E-state index in [0.717, 1.165) is 44.3 Å². The predicted octanol–water partition coefficient (Wildman–Crippen LogP) is 2.35. The summed E-state index contributed by atoms with van der Waals surface area (Å²) in [6, 6.07) is 4.48. The van der Waals surface area contributed by atoms with Crippen molar-refractivity contribution in [3.8, 4) is 0 Å². The van der Waals surface area contributed by atoms with Crippen LogP contribution in [0.2, 0.25) is 0 Å². The molecule has 1 aliphatic heterocycles. The number of hydrogen-bond donors (Lipinski definition) is 1. The van der Waals surface area contributed by atoms with Crippen LogP contribution in [0.5, 0.6) is 0 Å². The van der Waals surface area contributed by atoms with Gasteiger partial charge in [-0.3, -0.25) is 14.7 Å². The number of carbonyl (C=O) groups is 1. The van der Waals surface area contributed by atoms with E-state index in [-0.39, 0.29) is 18.0 Å². The molecule has 1 aromatic heterocycles. The van der Waals surface area contributed by atoms with Crippen LogP contribution in [-0.4, -0.2) is 55.2 Å². The molecular formula is C20H30ClN3O3. The van der Waals surface area contributed by atoms with Crippen molar-refractivity contribution in [1.82, 2.24) is 9.88 Å². The van der Waals surface area contributed by atoms with E-state index in [2.05, 4.69) is 9.88 Å². The van der Waals surface area contributed by atoms with Crippen molar-refractivity contribution in [2.24, 2.45) is 17.6 Å². The Kier molecular flexibility index (Phi) is 6.11. The van der Waals surface area contributed by atoms with Crippen LogP contribution in [0.25, 0.3) is 0 Å². The average molecular weight is 396 g/mol. The van der Waals surface area contributed by atoms with Gasteiger partial charge in [-0.2, -0.15) is 0 Å². The number of nitrogens with zero attached hydrogens (tertiary/aromatic N) is 2. The van der Waals surface area contributed by atoms with E-state index in [1.807, 2.05) is 26.4 Å². The third-order valence-electron chi connectivity index (χ3n) is 6.95. The summed E-state index contributed by atoms with van der Waals surface area (Å²) in [5, 5.41) is 0. The second-order valence-electron chi connectivity index (χ2n) is 8.05. The standard InChI is InChI=1S/C20H29N3O3.ClH/c1-25-17-9-16(10-17)23-11-14-4-3-5-15(12-23)20(14,26-2)13-6-7-22-18(8-13)19(21)24;/h6-8,14-17H,3-5,9-12H2,1-2H3,(H2,21,24);1H. The number of rotatable bonds is 5. The van der Waals surface area contributed by atoms with Crippen LogP contribution in [0.15, 0.2) is 18.3 Å². The van der Waals surface area contributed by atoms with Gasteiger partial charge in [0.1, 0.15) is 11.3 Å². The van der Waals surface area contributed by atoms with Crippen molar-refractivity contribution in [1.29, 1.82) is 0 Å². The number of hydrogen-bond acceptors (Lipinski definition) is 5.